The molecular formula is C35H36N8O7. The van der Waals surface area contributed by atoms with Crippen LogP contribution < -0.4 is 32.7 Å². The molecule has 15 heteroatoms. The predicted octanol–water partition coefficient (Wildman–Crippen LogP) is 0.672. The number of likely N-dealkylation sites (N-methyl/N-ethyl adjacent to an activating group) is 1. The minimum atomic E-state index is -2.87. The van der Waals surface area contributed by atoms with Crippen LogP contribution in [-0.2, 0) is 25.6 Å². The number of urea groups is 1. The zero-order chi connectivity index (χ0) is 36.7. The van der Waals surface area contributed by atoms with Crippen molar-refractivity contribution in [3.05, 3.63) is 59.7 Å². The zero-order valence-corrected chi connectivity index (χ0v) is 27.7. The number of benzene rings is 3. The van der Waals surface area contributed by atoms with Crippen LogP contribution in [-0.4, -0.2) is 90.4 Å². The van der Waals surface area contributed by atoms with Crippen LogP contribution in [0.1, 0.15) is 22.3 Å². The number of Topliss-reactive ketones (excluding diaryl/α,β-unsaturated/α-hetero) is 4. The predicted molar refractivity (Wildman–Crippen MR) is 182 cm³/mol. The Bertz CT molecular complexity index is 2100. The number of phenols is 1. The maximum atomic E-state index is 14.7. The largest absolute Gasteiger partial charge is 0.505 e. The van der Waals surface area contributed by atoms with Crippen molar-refractivity contribution in [2.45, 2.75) is 30.0 Å². The molecule has 0 heterocycles. The summed E-state index contributed by atoms with van der Waals surface area (Å²) in [6.07, 6.45) is -0.793. The minimum Gasteiger partial charge on any atom is -0.505 e. The minimum absolute atomic E-state index is 0.171. The number of fused-ring (bicyclic) bond motifs is 4. The molecule has 2 unspecified atom stereocenters. The van der Waals surface area contributed by atoms with E-state index in [1.54, 1.807) is 37.2 Å². The van der Waals surface area contributed by atoms with Gasteiger partial charge in [0.05, 0.1) is 34.6 Å². The highest BCUT2D eigenvalue weighted by atomic mass is 16.3. The van der Waals surface area contributed by atoms with Gasteiger partial charge in [0.25, 0.3) is 0 Å². The molecule has 6 rings (SSSR count). The molecule has 3 aromatic rings. The van der Waals surface area contributed by atoms with E-state index in [4.69, 9.17) is 17.2 Å². The number of carbonyl (C=O) groups excluding carboxylic acids is 6. The summed E-state index contributed by atoms with van der Waals surface area (Å²) in [5.41, 5.74) is 12.8. The molecule has 50 heavy (non-hydrogen) atoms. The first-order valence-electron chi connectivity index (χ1n) is 15.7. The quantitative estimate of drug-likeness (QED) is 0.161. The van der Waals surface area contributed by atoms with E-state index in [2.05, 4.69) is 10.6 Å². The molecule has 9 N–H and O–H groups in total. The Labute approximate surface area is 286 Å². The Balaban J connectivity index is 1.47. The summed E-state index contributed by atoms with van der Waals surface area (Å²) in [6.45, 7) is 0. The first kappa shape index (κ1) is 34.2. The van der Waals surface area contributed by atoms with Gasteiger partial charge in [0.2, 0.25) is 5.91 Å². The number of hydrogen-bond donors (Lipinski definition) is 6. The van der Waals surface area contributed by atoms with Gasteiger partial charge in [0.15, 0.2) is 34.5 Å². The Kier molecular flexibility index (Phi) is 7.82. The van der Waals surface area contributed by atoms with Gasteiger partial charge >= 0.3 is 6.03 Å². The standard InChI is InChI=1S/C35H36N8O7/c1-42(2)21-12-20(41-32(50)40-19-11-7-9-16-8-5-6-10-17(16)19)25(44)22-18(21)13-33(38)14-35(39)28(43(3)4)27(46)23(31(37)49)29(47)34(35,15-36)30(48)24(33)26(22)45/h5-12,23-24,28,44H,13-14,38-39H2,1-4H3,(H2,37,49)(H2,40,41,50)/t23?,24?,28-,33-,34+,35-/m1/s1. The zero-order valence-electron chi connectivity index (χ0n) is 27.7. The molecule has 258 valence electrons. The van der Waals surface area contributed by atoms with Gasteiger partial charge in [-0.25, -0.2) is 4.79 Å². The highest BCUT2D eigenvalue weighted by Gasteiger charge is 2.78. The summed E-state index contributed by atoms with van der Waals surface area (Å²) < 4.78 is 0. The van der Waals surface area contributed by atoms with E-state index >= 15 is 0 Å². The summed E-state index contributed by atoms with van der Waals surface area (Å²) in [5, 5.41) is 29.2. The van der Waals surface area contributed by atoms with E-state index in [9.17, 15) is 39.1 Å². The van der Waals surface area contributed by atoms with Crippen LogP contribution in [0.15, 0.2) is 48.5 Å². The van der Waals surface area contributed by atoms with Crippen molar-refractivity contribution in [2.75, 3.05) is 43.7 Å². The molecular weight excluding hydrogens is 644 g/mol. The van der Waals surface area contributed by atoms with Gasteiger partial charge in [-0.3, -0.25) is 28.9 Å². The number of ketones is 4. The summed E-state index contributed by atoms with van der Waals surface area (Å²) >= 11 is 0. The van der Waals surface area contributed by atoms with Gasteiger partial charge in [-0.15, -0.1) is 0 Å². The third-order valence-corrected chi connectivity index (χ3v) is 10.3. The lowest BCUT2D eigenvalue weighted by Crippen LogP contribution is -2.85. The van der Waals surface area contributed by atoms with Crippen molar-refractivity contribution in [1.82, 2.24) is 4.90 Å². The van der Waals surface area contributed by atoms with Crippen molar-refractivity contribution in [1.29, 1.82) is 5.26 Å². The average Bonchev–Trinajstić information content (AvgIpc) is 3.01. The molecule has 2 fully saturated rings. The van der Waals surface area contributed by atoms with E-state index in [0.717, 1.165) is 10.8 Å². The topological polar surface area (TPSA) is 255 Å². The second-order valence-electron chi connectivity index (χ2n) is 13.8. The summed E-state index contributed by atoms with van der Waals surface area (Å²) in [5.74, 6) is -10.8. The second-order valence-corrected chi connectivity index (χ2v) is 13.8. The summed E-state index contributed by atoms with van der Waals surface area (Å²) in [7, 11) is 6.19. The molecule has 0 radical (unpaired) electrons. The van der Waals surface area contributed by atoms with Crippen molar-refractivity contribution in [2.24, 2.45) is 34.5 Å². The van der Waals surface area contributed by atoms with E-state index in [-0.39, 0.29) is 23.2 Å². The van der Waals surface area contributed by atoms with Gasteiger partial charge in [0.1, 0.15) is 11.7 Å². The lowest BCUT2D eigenvalue weighted by molar-refractivity contribution is -0.166. The van der Waals surface area contributed by atoms with Crippen LogP contribution in [0.3, 0.4) is 0 Å². The molecule has 6 atom stereocenters. The molecule has 15 nitrogen and oxygen atoms in total. The molecule has 3 aromatic carbocycles. The molecule has 0 aromatic heterocycles. The van der Waals surface area contributed by atoms with Gasteiger partial charge in [-0.05, 0) is 50.0 Å². The number of rotatable bonds is 5. The van der Waals surface area contributed by atoms with Crippen LogP contribution in [0, 0.1) is 28.6 Å². The number of nitriles is 1. The highest BCUT2D eigenvalue weighted by Crippen LogP contribution is 2.57. The van der Waals surface area contributed by atoms with Crippen LogP contribution in [0.25, 0.3) is 10.8 Å². The number of phenolic OH excluding ortho intramolecular Hbond substituents is 1. The van der Waals surface area contributed by atoms with E-state index in [1.807, 2.05) is 30.3 Å². The second kappa shape index (κ2) is 11.4. The van der Waals surface area contributed by atoms with Crippen molar-refractivity contribution < 1.29 is 33.9 Å². The van der Waals surface area contributed by atoms with Gasteiger partial charge < -0.3 is 37.8 Å². The van der Waals surface area contributed by atoms with Crippen molar-refractivity contribution in [3.63, 3.8) is 0 Å². The summed E-state index contributed by atoms with van der Waals surface area (Å²) in [6, 6.07) is 13.6. The first-order chi connectivity index (χ1) is 23.4. The molecule has 3 aliphatic rings. The van der Waals surface area contributed by atoms with E-state index in [0.29, 0.717) is 11.4 Å². The molecule has 0 aliphatic heterocycles. The SMILES string of the molecule is CN(C)c1cc(NC(=O)Nc2cccc3ccccc23)c(O)c2c1C[C@@]1(N)C[C@@]3(N)[C@H](N(C)C)C(=O)C(C(N)=O)C(=O)[C@@]3(C#N)C(=O)C1C2=O. The number of carbonyl (C=O) groups is 6. The smallest absolute Gasteiger partial charge is 0.323 e. The third-order valence-electron chi connectivity index (χ3n) is 10.3. The fraction of sp³-hybridized carbons (Fsp3) is 0.343. The number of nitrogens with zero attached hydrogens (tertiary/aromatic N) is 3. The molecule has 3 amide bonds. The van der Waals surface area contributed by atoms with Crippen LogP contribution >= 0.6 is 0 Å². The first-order valence-corrected chi connectivity index (χ1v) is 15.7. The fourth-order valence-corrected chi connectivity index (χ4v) is 8.36. The third kappa shape index (κ3) is 4.53. The molecule has 0 spiro atoms. The number of aromatic hydroxyl groups is 1. The van der Waals surface area contributed by atoms with E-state index in [1.165, 1.54) is 25.1 Å². The van der Waals surface area contributed by atoms with Crippen LogP contribution in [0.4, 0.5) is 21.9 Å². The van der Waals surface area contributed by atoms with Gasteiger partial charge in [0, 0.05) is 30.7 Å². The number of amides is 3. The normalized spacial score (nSPS) is 28.7. The van der Waals surface area contributed by atoms with Crippen LogP contribution in [0.5, 0.6) is 5.75 Å². The average molecular weight is 681 g/mol. The fourth-order valence-electron chi connectivity index (χ4n) is 8.36. The Morgan fingerprint density at radius 2 is 1.60 bits per heavy atom. The van der Waals surface area contributed by atoms with Crippen molar-refractivity contribution >= 4 is 62.9 Å². The molecule has 0 bridgehead atoms. The highest BCUT2D eigenvalue weighted by molar-refractivity contribution is 6.33. The molecule has 0 saturated heterocycles. The molecule has 3 aliphatic carbocycles. The lowest BCUT2D eigenvalue weighted by Gasteiger charge is -2.60. The number of primary amides is 1. The van der Waals surface area contributed by atoms with Crippen LogP contribution in [0.2, 0.25) is 0 Å². The van der Waals surface area contributed by atoms with Gasteiger partial charge in [-0.1, -0.05) is 36.4 Å². The Hall–Kier alpha value is -5.69. The maximum Gasteiger partial charge on any atom is 0.323 e. The number of anilines is 3. The molecule has 2 saturated carbocycles. The maximum absolute atomic E-state index is 14.7. The Morgan fingerprint density at radius 3 is 2.22 bits per heavy atom. The summed E-state index contributed by atoms with van der Waals surface area (Å²) in [4.78, 5) is 85.4. The Morgan fingerprint density at radius 1 is 0.960 bits per heavy atom. The lowest BCUT2D eigenvalue weighted by atomic mass is 9.42. The number of nitrogens with one attached hydrogen (secondary N) is 2. The number of nitrogens with two attached hydrogens (primary N) is 3. The monoisotopic (exact) mass is 680 g/mol. The van der Waals surface area contributed by atoms with Crippen molar-refractivity contribution in [3.8, 4) is 11.8 Å². The van der Waals surface area contributed by atoms with Gasteiger partial charge in [-0.2, -0.15) is 5.26 Å². The number of hydrogen-bond acceptors (Lipinski definition) is 12. The van der Waals surface area contributed by atoms with E-state index < -0.39 is 81.6 Å².